The van der Waals surface area contributed by atoms with E-state index in [-0.39, 0.29) is 11.5 Å². The molecule has 0 aliphatic heterocycles. The van der Waals surface area contributed by atoms with Gasteiger partial charge in [-0.2, -0.15) is 0 Å². The zero-order valence-corrected chi connectivity index (χ0v) is 19.7. The first-order chi connectivity index (χ1) is 16.4. The van der Waals surface area contributed by atoms with E-state index >= 15 is 0 Å². The molecule has 0 fully saturated rings. The standard InChI is InChI=1S/C27H24F3NO4/c1-16(32)17-8-10-18(11-9-17)19-6-5-7-21(12-19)31(15-24(33)35-27(2,3)4)26(34)25-22(29)13-20(28)14-23(25)30/h5-14H,15H2,1-4H3. The van der Waals surface area contributed by atoms with Gasteiger partial charge >= 0.3 is 5.97 Å². The fourth-order valence-corrected chi connectivity index (χ4v) is 3.42. The molecule has 0 bridgehead atoms. The Balaban J connectivity index is 2.05. The molecule has 182 valence electrons. The number of benzene rings is 3. The molecule has 8 heteroatoms. The molecule has 0 aromatic heterocycles. The summed E-state index contributed by atoms with van der Waals surface area (Å²) in [6, 6.07) is 13.9. The number of hydrogen-bond donors (Lipinski definition) is 0. The van der Waals surface area contributed by atoms with Crippen molar-refractivity contribution in [3.05, 3.63) is 89.2 Å². The van der Waals surface area contributed by atoms with Crippen LogP contribution >= 0.6 is 0 Å². The van der Waals surface area contributed by atoms with Crippen LogP contribution in [-0.2, 0) is 9.53 Å². The summed E-state index contributed by atoms with van der Waals surface area (Å²) in [7, 11) is 0. The highest BCUT2D eigenvalue weighted by Crippen LogP contribution is 2.28. The molecule has 3 aromatic rings. The first-order valence-electron chi connectivity index (χ1n) is 10.8. The average Bonchev–Trinajstić information content (AvgIpc) is 2.75. The van der Waals surface area contributed by atoms with Crippen molar-refractivity contribution < 1.29 is 32.3 Å². The van der Waals surface area contributed by atoms with Gasteiger partial charge in [0.1, 0.15) is 35.2 Å². The topological polar surface area (TPSA) is 63.7 Å². The number of rotatable bonds is 6. The lowest BCUT2D eigenvalue weighted by Crippen LogP contribution is -2.39. The summed E-state index contributed by atoms with van der Waals surface area (Å²) in [6.45, 7) is 5.73. The van der Waals surface area contributed by atoms with Gasteiger partial charge in [0.15, 0.2) is 5.78 Å². The summed E-state index contributed by atoms with van der Waals surface area (Å²) in [5.74, 6) is -6.02. The van der Waals surface area contributed by atoms with E-state index in [0.717, 1.165) is 4.90 Å². The molecule has 0 heterocycles. The lowest BCUT2D eigenvalue weighted by atomic mass is 10.0. The van der Waals surface area contributed by atoms with Crippen LogP contribution in [0.3, 0.4) is 0 Å². The van der Waals surface area contributed by atoms with Gasteiger partial charge in [0, 0.05) is 23.4 Å². The molecule has 0 saturated carbocycles. The molecule has 1 amide bonds. The zero-order valence-electron chi connectivity index (χ0n) is 19.7. The van der Waals surface area contributed by atoms with Crippen molar-refractivity contribution in [1.82, 2.24) is 0 Å². The first kappa shape index (κ1) is 25.7. The fourth-order valence-electron chi connectivity index (χ4n) is 3.42. The molecule has 35 heavy (non-hydrogen) atoms. The molecule has 0 saturated heterocycles. The molecular formula is C27H24F3NO4. The number of amides is 1. The molecule has 0 N–H and O–H groups in total. The number of carbonyl (C=O) groups is 3. The van der Waals surface area contributed by atoms with E-state index < -0.39 is 47.0 Å². The Morgan fingerprint density at radius 2 is 1.46 bits per heavy atom. The Hall–Kier alpha value is -3.94. The molecule has 3 rings (SSSR count). The molecule has 0 radical (unpaired) electrons. The van der Waals surface area contributed by atoms with Crippen molar-refractivity contribution in [3.63, 3.8) is 0 Å². The predicted octanol–water partition coefficient (Wildman–Crippen LogP) is 5.96. The summed E-state index contributed by atoms with van der Waals surface area (Å²) in [4.78, 5) is 38.2. The Labute approximate surface area is 201 Å². The second-order valence-corrected chi connectivity index (χ2v) is 8.91. The van der Waals surface area contributed by atoms with Gasteiger partial charge in [-0.15, -0.1) is 0 Å². The van der Waals surface area contributed by atoms with Crippen molar-refractivity contribution in [2.45, 2.75) is 33.3 Å². The van der Waals surface area contributed by atoms with Gasteiger partial charge in [-0.25, -0.2) is 13.2 Å². The normalized spacial score (nSPS) is 11.2. The third kappa shape index (κ3) is 6.35. The Kier molecular flexibility index (Phi) is 7.43. The van der Waals surface area contributed by atoms with Gasteiger partial charge in [0.2, 0.25) is 0 Å². The second-order valence-electron chi connectivity index (χ2n) is 8.91. The molecule has 5 nitrogen and oxygen atoms in total. The Morgan fingerprint density at radius 3 is 2.00 bits per heavy atom. The number of Topliss-reactive ketones (excluding diaryl/α,β-unsaturated/α-hetero) is 1. The smallest absolute Gasteiger partial charge is 0.326 e. The number of esters is 1. The number of ketones is 1. The maximum absolute atomic E-state index is 14.4. The summed E-state index contributed by atoms with van der Waals surface area (Å²) in [6.07, 6.45) is 0. The fraction of sp³-hybridized carbons (Fsp3) is 0.222. The van der Waals surface area contributed by atoms with Crippen LogP contribution in [0, 0.1) is 17.5 Å². The molecule has 0 aliphatic rings. The number of hydrogen-bond acceptors (Lipinski definition) is 4. The van der Waals surface area contributed by atoms with Crippen LogP contribution < -0.4 is 4.90 Å². The van der Waals surface area contributed by atoms with E-state index in [1.165, 1.54) is 13.0 Å². The molecule has 0 unspecified atom stereocenters. The van der Waals surface area contributed by atoms with E-state index in [0.29, 0.717) is 28.8 Å². The van der Waals surface area contributed by atoms with Crippen molar-refractivity contribution in [2.75, 3.05) is 11.4 Å². The van der Waals surface area contributed by atoms with Crippen LogP contribution in [-0.4, -0.2) is 29.8 Å². The summed E-state index contributed by atoms with van der Waals surface area (Å²) >= 11 is 0. The maximum Gasteiger partial charge on any atom is 0.326 e. The van der Waals surface area contributed by atoms with E-state index in [4.69, 9.17) is 4.74 Å². The number of anilines is 1. The molecule has 0 aliphatic carbocycles. The molecular weight excluding hydrogens is 459 g/mol. The van der Waals surface area contributed by atoms with Gasteiger partial charge in [-0.3, -0.25) is 19.3 Å². The van der Waals surface area contributed by atoms with Gasteiger partial charge in [-0.05, 0) is 51.0 Å². The van der Waals surface area contributed by atoms with Crippen LogP contribution in [0.1, 0.15) is 48.4 Å². The second kappa shape index (κ2) is 10.1. The lowest BCUT2D eigenvalue weighted by molar-refractivity contribution is -0.152. The number of ether oxygens (including phenoxy) is 1. The maximum atomic E-state index is 14.4. The Morgan fingerprint density at radius 1 is 0.857 bits per heavy atom. The zero-order chi connectivity index (χ0) is 25.9. The summed E-state index contributed by atoms with van der Waals surface area (Å²) in [5.41, 5.74) is 0.163. The van der Waals surface area contributed by atoms with Crippen LogP contribution in [0.5, 0.6) is 0 Å². The quantitative estimate of drug-likeness (QED) is 0.321. The number of halogens is 3. The SMILES string of the molecule is CC(=O)c1ccc(-c2cccc(N(CC(=O)OC(C)(C)C)C(=O)c3c(F)cc(F)cc3F)c2)cc1. The highest BCUT2D eigenvalue weighted by Gasteiger charge is 2.29. The van der Waals surface area contributed by atoms with E-state index in [1.807, 2.05) is 0 Å². The van der Waals surface area contributed by atoms with E-state index in [9.17, 15) is 27.6 Å². The van der Waals surface area contributed by atoms with E-state index in [1.54, 1.807) is 63.2 Å². The molecule has 0 atom stereocenters. The van der Waals surface area contributed by atoms with Crippen LogP contribution in [0.4, 0.5) is 18.9 Å². The predicted molar refractivity (Wildman–Crippen MR) is 126 cm³/mol. The highest BCUT2D eigenvalue weighted by molar-refractivity contribution is 6.09. The number of carbonyl (C=O) groups excluding carboxylic acids is 3. The Bertz CT molecular complexity index is 1260. The lowest BCUT2D eigenvalue weighted by Gasteiger charge is -2.26. The summed E-state index contributed by atoms with van der Waals surface area (Å²) < 4.78 is 47.5. The minimum atomic E-state index is -1.39. The summed E-state index contributed by atoms with van der Waals surface area (Å²) in [5, 5.41) is 0. The van der Waals surface area contributed by atoms with Gasteiger partial charge in [0.25, 0.3) is 5.91 Å². The average molecular weight is 483 g/mol. The minimum Gasteiger partial charge on any atom is -0.459 e. The van der Waals surface area contributed by atoms with Crippen LogP contribution in [0.25, 0.3) is 11.1 Å². The van der Waals surface area contributed by atoms with Crippen LogP contribution in [0.2, 0.25) is 0 Å². The van der Waals surface area contributed by atoms with Crippen molar-refractivity contribution in [3.8, 4) is 11.1 Å². The highest BCUT2D eigenvalue weighted by atomic mass is 19.1. The molecule has 3 aromatic carbocycles. The van der Waals surface area contributed by atoms with Gasteiger partial charge < -0.3 is 4.74 Å². The van der Waals surface area contributed by atoms with Crippen molar-refractivity contribution in [2.24, 2.45) is 0 Å². The minimum absolute atomic E-state index is 0.0946. The monoisotopic (exact) mass is 483 g/mol. The van der Waals surface area contributed by atoms with Gasteiger partial charge in [-0.1, -0.05) is 36.4 Å². The van der Waals surface area contributed by atoms with Gasteiger partial charge in [0.05, 0.1) is 0 Å². The first-order valence-corrected chi connectivity index (χ1v) is 10.8. The van der Waals surface area contributed by atoms with Crippen LogP contribution in [0.15, 0.2) is 60.7 Å². The number of nitrogens with zero attached hydrogens (tertiary/aromatic N) is 1. The van der Waals surface area contributed by atoms with Crippen molar-refractivity contribution >= 4 is 23.3 Å². The third-order valence-electron chi connectivity index (χ3n) is 4.96. The molecule has 0 spiro atoms. The largest absolute Gasteiger partial charge is 0.459 e. The van der Waals surface area contributed by atoms with E-state index in [2.05, 4.69) is 0 Å². The third-order valence-corrected chi connectivity index (χ3v) is 4.96. The van der Waals surface area contributed by atoms with Crippen molar-refractivity contribution in [1.29, 1.82) is 0 Å².